The summed E-state index contributed by atoms with van der Waals surface area (Å²) in [5.74, 6) is 2.34. The normalized spacial score (nSPS) is 17.5. The van der Waals surface area contributed by atoms with Crippen molar-refractivity contribution in [3.63, 3.8) is 0 Å². The van der Waals surface area contributed by atoms with Gasteiger partial charge in [-0.2, -0.15) is 0 Å². The van der Waals surface area contributed by atoms with E-state index in [2.05, 4.69) is 26.0 Å². The average molecular weight is 191 g/mol. The Bertz CT molecular complexity index is 389. The van der Waals surface area contributed by atoms with Crippen LogP contribution in [-0.4, -0.2) is 22.6 Å². The standard InChI is InChI=1S/C9H9N3O2/c1-2-6-13-10-7-4-3-5-8-9(7)12-14-11-8/h1H,3-6H2/b10-7-. The average Bonchev–Trinajstić information content (AvgIpc) is 2.67. The van der Waals surface area contributed by atoms with Gasteiger partial charge >= 0.3 is 0 Å². The van der Waals surface area contributed by atoms with Crippen molar-refractivity contribution in [2.75, 3.05) is 6.61 Å². The quantitative estimate of drug-likeness (QED) is 0.393. The largest absolute Gasteiger partial charge is 0.382 e. The Balaban J connectivity index is 2.16. The summed E-state index contributed by atoms with van der Waals surface area (Å²) in [6, 6.07) is 0. The molecule has 5 heteroatoms. The van der Waals surface area contributed by atoms with Gasteiger partial charge in [-0.05, 0) is 24.4 Å². The number of aryl methyl sites for hydroxylation is 1. The number of terminal acetylenes is 1. The van der Waals surface area contributed by atoms with Crippen molar-refractivity contribution >= 4 is 5.71 Å². The highest BCUT2D eigenvalue weighted by Crippen LogP contribution is 2.17. The number of hydrogen-bond donors (Lipinski definition) is 0. The maximum atomic E-state index is 5.03. The van der Waals surface area contributed by atoms with Crippen LogP contribution in [-0.2, 0) is 11.3 Å². The molecule has 0 amide bonds. The van der Waals surface area contributed by atoms with E-state index in [4.69, 9.17) is 11.3 Å². The third-order valence-electron chi connectivity index (χ3n) is 1.98. The predicted octanol–water partition coefficient (Wildman–Crippen LogP) is 0.760. The molecule has 1 aliphatic carbocycles. The summed E-state index contributed by atoms with van der Waals surface area (Å²) in [5.41, 5.74) is 2.32. The molecular formula is C9H9N3O2. The van der Waals surface area contributed by atoms with Crippen molar-refractivity contribution in [1.29, 1.82) is 0 Å². The number of aromatic nitrogens is 2. The van der Waals surface area contributed by atoms with Gasteiger partial charge in [0, 0.05) is 0 Å². The van der Waals surface area contributed by atoms with Crippen LogP contribution < -0.4 is 0 Å². The van der Waals surface area contributed by atoms with Crippen molar-refractivity contribution in [2.24, 2.45) is 5.16 Å². The lowest BCUT2D eigenvalue weighted by molar-refractivity contribution is 0.179. The third-order valence-corrected chi connectivity index (χ3v) is 1.98. The molecule has 0 fully saturated rings. The van der Waals surface area contributed by atoms with Gasteiger partial charge in [0.15, 0.2) is 12.3 Å². The molecule has 0 saturated carbocycles. The Morgan fingerprint density at radius 2 is 2.43 bits per heavy atom. The minimum absolute atomic E-state index is 0.171. The second-order valence-electron chi connectivity index (χ2n) is 2.93. The zero-order chi connectivity index (χ0) is 9.80. The van der Waals surface area contributed by atoms with Crippen LogP contribution in [0.15, 0.2) is 9.78 Å². The monoisotopic (exact) mass is 191 g/mol. The summed E-state index contributed by atoms with van der Waals surface area (Å²) in [6.45, 7) is 0.171. The highest BCUT2D eigenvalue weighted by molar-refractivity contribution is 6.00. The number of rotatable bonds is 2. The Morgan fingerprint density at radius 1 is 1.50 bits per heavy atom. The van der Waals surface area contributed by atoms with Gasteiger partial charge in [-0.3, -0.25) is 0 Å². The Labute approximate surface area is 81.1 Å². The molecule has 1 heterocycles. The number of fused-ring (bicyclic) bond motifs is 1. The van der Waals surface area contributed by atoms with Crippen LogP contribution >= 0.6 is 0 Å². The maximum Gasteiger partial charge on any atom is 0.177 e. The Kier molecular flexibility index (Phi) is 2.45. The summed E-state index contributed by atoms with van der Waals surface area (Å²) in [4.78, 5) is 4.89. The molecule has 14 heavy (non-hydrogen) atoms. The number of oxime groups is 1. The van der Waals surface area contributed by atoms with Gasteiger partial charge in [-0.15, -0.1) is 6.42 Å². The zero-order valence-corrected chi connectivity index (χ0v) is 7.56. The van der Waals surface area contributed by atoms with E-state index in [1.54, 1.807) is 0 Å². The van der Waals surface area contributed by atoms with Crippen LogP contribution in [0.3, 0.4) is 0 Å². The van der Waals surface area contributed by atoms with Gasteiger partial charge in [0.2, 0.25) is 0 Å². The minimum atomic E-state index is 0.171. The summed E-state index contributed by atoms with van der Waals surface area (Å²) >= 11 is 0. The molecule has 0 radical (unpaired) electrons. The molecule has 1 aliphatic rings. The fraction of sp³-hybridized carbons (Fsp3) is 0.444. The van der Waals surface area contributed by atoms with Crippen LogP contribution in [0.1, 0.15) is 24.2 Å². The molecule has 0 bridgehead atoms. The van der Waals surface area contributed by atoms with Crippen LogP contribution in [0.2, 0.25) is 0 Å². The molecule has 0 aliphatic heterocycles. The third kappa shape index (κ3) is 1.59. The van der Waals surface area contributed by atoms with Crippen molar-refractivity contribution in [1.82, 2.24) is 10.3 Å². The van der Waals surface area contributed by atoms with Crippen LogP contribution in [0.5, 0.6) is 0 Å². The summed E-state index contributed by atoms with van der Waals surface area (Å²) in [5, 5.41) is 11.4. The number of nitrogens with zero attached hydrogens (tertiary/aromatic N) is 3. The Hall–Kier alpha value is -1.83. The molecule has 0 unspecified atom stereocenters. The SMILES string of the molecule is C#CCO/N=C1/CCCc2nonc21. The molecule has 1 aromatic heterocycles. The van der Waals surface area contributed by atoms with E-state index in [9.17, 15) is 0 Å². The highest BCUT2D eigenvalue weighted by atomic mass is 16.6. The van der Waals surface area contributed by atoms with E-state index in [-0.39, 0.29) is 6.61 Å². The molecule has 72 valence electrons. The lowest BCUT2D eigenvalue weighted by Crippen LogP contribution is -2.12. The predicted molar refractivity (Wildman–Crippen MR) is 48.6 cm³/mol. The highest BCUT2D eigenvalue weighted by Gasteiger charge is 2.21. The fourth-order valence-electron chi connectivity index (χ4n) is 1.37. The Morgan fingerprint density at radius 3 is 3.29 bits per heavy atom. The smallest absolute Gasteiger partial charge is 0.177 e. The van der Waals surface area contributed by atoms with Crippen molar-refractivity contribution in [3.8, 4) is 12.3 Å². The zero-order valence-electron chi connectivity index (χ0n) is 7.56. The molecule has 2 rings (SSSR count). The molecule has 1 aromatic rings. The van der Waals surface area contributed by atoms with Gasteiger partial charge in [0.05, 0.1) is 0 Å². The summed E-state index contributed by atoms with van der Waals surface area (Å²) in [6.07, 6.45) is 7.72. The summed E-state index contributed by atoms with van der Waals surface area (Å²) in [7, 11) is 0. The number of hydrogen-bond acceptors (Lipinski definition) is 5. The second kappa shape index (κ2) is 3.92. The second-order valence-corrected chi connectivity index (χ2v) is 2.93. The van der Waals surface area contributed by atoms with E-state index in [1.165, 1.54) is 0 Å². The van der Waals surface area contributed by atoms with Gasteiger partial charge < -0.3 is 4.84 Å². The first kappa shape index (κ1) is 8.75. The molecule has 0 spiro atoms. The lowest BCUT2D eigenvalue weighted by atomic mass is 9.99. The molecule has 0 N–H and O–H groups in total. The summed E-state index contributed by atoms with van der Waals surface area (Å²) < 4.78 is 4.63. The molecule has 0 aromatic carbocycles. The van der Waals surface area contributed by atoms with Gasteiger partial charge in [0.1, 0.15) is 11.4 Å². The topological polar surface area (TPSA) is 60.5 Å². The van der Waals surface area contributed by atoms with Crippen LogP contribution in [0.4, 0.5) is 0 Å². The van der Waals surface area contributed by atoms with Gasteiger partial charge in [0.25, 0.3) is 0 Å². The molecule has 0 atom stereocenters. The molecule has 5 nitrogen and oxygen atoms in total. The van der Waals surface area contributed by atoms with Gasteiger partial charge in [-0.1, -0.05) is 16.2 Å². The molecular weight excluding hydrogens is 182 g/mol. The minimum Gasteiger partial charge on any atom is -0.382 e. The van der Waals surface area contributed by atoms with Crippen molar-refractivity contribution in [2.45, 2.75) is 19.3 Å². The van der Waals surface area contributed by atoms with Crippen molar-refractivity contribution in [3.05, 3.63) is 11.4 Å². The lowest BCUT2D eigenvalue weighted by Gasteiger charge is -2.08. The first-order chi connectivity index (χ1) is 6.92. The fourth-order valence-corrected chi connectivity index (χ4v) is 1.37. The van der Waals surface area contributed by atoms with Crippen LogP contribution in [0.25, 0.3) is 0 Å². The molecule has 0 saturated heterocycles. The van der Waals surface area contributed by atoms with Crippen molar-refractivity contribution < 1.29 is 9.47 Å². The first-order valence-electron chi connectivity index (χ1n) is 4.36. The van der Waals surface area contributed by atoms with E-state index in [0.717, 1.165) is 30.7 Å². The van der Waals surface area contributed by atoms with E-state index >= 15 is 0 Å². The van der Waals surface area contributed by atoms with Crippen LogP contribution in [0, 0.1) is 12.3 Å². The van der Waals surface area contributed by atoms with E-state index < -0.39 is 0 Å². The van der Waals surface area contributed by atoms with E-state index in [0.29, 0.717) is 5.69 Å². The first-order valence-corrected chi connectivity index (χ1v) is 4.36. The maximum absolute atomic E-state index is 5.03. The van der Waals surface area contributed by atoms with E-state index in [1.807, 2.05) is 0 Å². The van der Waals surface area contributed by atoms with Gasteiger partial charge in [-0.25, -0.2) is 4.63 Å².